The lowest BCUT2D eigenvalue weighted by Crippen LogP contribution is -2.34. The molecule has 11 heavy (non-hydrogen) atoms. The van der Waals surface area contributed by atoms with Gasteiger partial charge in [0.1, 0.15) is 0 Å². The van der Waals surface area contributed by atoms with Crippen LogP contribution in [0.15, 0.2) is 29.2 Å². The molecule has 3 N–H and O–H groups in total. The Labute approximate surface area is 74.1 Å². The topological polar surface area (TPSA) is 38.0 Å². The van der Waals surface area contributed by atoms with Gasteiger partial charge in [0.15, 0.2) is 0 Å². The molecule has 0 amide bonds. The zero-order valence-corrected chi connectivity index (χ0v) is 7.25. The molecular weight excluding hydrogens is 180 g/mol. The molecule has 1 heterocycles. The Morgan fingerprint density at radius 3 is 2.91 bits per heavy atom. The molecule has 2 rings (SSSR count). The molecule has 0 aromatic heterocycles. The van der Waals surface area contributed by atoms with Gasteiger partial charge in [-0.15, -0.1) is 0 Å². The van der Waals surface area contributed by atoms with Crippen LogP contribution in [-0.2, 0) is 0 Å². The highest BCUT2D eigenvalue weighted by Crippen LogP contribution is 2.44. The van der Waals surface area contributed by atoms with E-state index in [4.69, 9.17) is 17.3 Å². The van der Waals surface area contributed by atoms with Crippen LogP contribution in [-0.4, -0.2) is 4.45 Å². The first-order valence-corrected chi connectivity index (χ1v) is 4.41. The highest BCUT2D eigenvalue weighted by Gasteiger charge is 2.30. The first-order valence-electron chi connectivity index (χ1n) is 3.21. The molecule has 4 heteroatoms. The Kier molecular flexibility index (Phi) is 1.52. The van der Waals surface area contributed by atoms with E-state index in [0.29, 0.717) is 0 Å². The fraction of sp³-hybridized carbons (Fsp3) is 0.143. The van der Waals surface area contributed by atoms with Crippen LogP contribution in [0.5, 0.6) is 0 Å². The van der Waals surface area contributed by atoms with Crippen LogP contribution >= 0.6 is 23.4 Å². The lowest BCUT2D eigenvalue weighted by molar-refractivity contribution is 0.986. The molecule has 0 aliphatic carbocycles. The Balaban J connectivity index is 2.41. The summed E-state index contributed by atoms with van der Waals surface area (Å²) in [7, 11) is 0. The molecule has 0 saturated carbocycles. The van der Waals surface area contributed by atoms with Crippen LogP contribution in [0.1, 0.15) is 0 Å². The summed E-state index contributed by atoms with van der Waals surface area (Å²) in [5, 5.41) is 2.98. The third-order valence-electron chi connectivity index (χ3n) is 1.45. The summed E-state index contributed by atoms with van der Waals surface area (Å²) in [6.07, 6.45) is 0. The molecule has 1 aliphatic heterocycles. The summed E-state index contributed by atoms with van der Waals surface area (Å²) < 4.78 is -0.857. The molecule has 0 radical (unpaired) electrons. The molecule has 1 aliphatic rings. The van der Waals surface area contributed by atoms with Gasteiger partial charge in [0, 0.05) is 4.90 Å². The van der Waals surface area contributed by atoms with Gasteiger partial charge < -0.3 is 5.32 Å². The molecule has 2 nitrogen and oxygen atoms in total. The van der Waals surface area contributed by atoms with Crippen molar-refractivity contribution in [2.45, 2.75) is 9.35 Å². The minimum Gasteiger partial charge on any atom is -0.345 e. The minimum atomic E-state index is -0.857. The largest absolute Gasteiger partial charge is 0.345 e. The standard InChI is InChI=1S/C7H7ClN2S/c8-7(9)10-5-3-1-2-4-6(5)11-7/h1-4,10H,9H2. The van der Waals surface area contributed by atoms with Gasteiger partial charge in [-0.25, -0.2) is 0 Å². The number of nitrogens with one attached hydrogen (secondary N) is 1. The lowest BCUT2D eigenvalue weighted by Gasteiger charge is -2.13. The fourth-order valence-electron chi connectivity index (χ4n) is 1.03. The van der Waals surface area contributed by atoms with Crippen LogP contribution in [0.2, 0.25) is 0 Å². The van der Waals surface area contributed by atoms with E-state index < -0.39 is 4.45 Å². The summed E-state index contributed by atoms with van der Waals surface area (Å²) >= 11 is 7.29. The first kappa shape index (κ1) is 7.28. The highest BCUT2D eigenvalue weighted by molar-refractivity contribution is 8.02. The van der Waals surface area contributed by atoms with E-state index in [1.807, 2.05) is 24.3 Å². The number of benzene rings is 1. The summed E-state index contributed by atoms with van der Waals surface area (Å²) in [6, 6.07) is 7.86. The number of rotatable bonds is 0. The molecule has 1 unspecified atom stereocenters. The van der Waals surface area contributed by atoms with E-state index in [1.54, 1.807) is 0 Å². The summed E-state index contributed by atoms with van der Waals surface area (Å²) in [5.41, 5.74) is 6.65. The molecule has 1 aromatic carbocycles. The maximum absolute atomic E-state index is 5.86. The van der Waals surface area contributed by atoms with Crippen molar-refractivity contribution >= 4 is 29.1 Å². The average molecular weight is 187 g/mol. The third kappa shape index (κ3) is 1.31. The van der Waals surface area contributed by atoms with Crippen LogP contribution < -0.4 is 11.1 Å². The van der Waals surface area contributed by atoms with Crippen LogP contribution in [0, 0.1) is 0 Å². The molecule has 0 bridgehead atoms. The number of halogens is 1. The molecule has 58 valence electrons. The SMILES string of the molecule is NC1(Cl)Nc2ccccc2S1. The number of nitrogens with two attached hydrogens (primary N) is 1. The van der Waals surface area contributed by atoms with Gasteiger partial charge in [-0.05, 0) is 12.1 Å². The van der Waals surface area contributed by atoms with Gasteiger partial charge in [-0.1, -0.05) is 35.5 Å². The number of thioether (sulfide) groups is 1. The third-order valence-corrected chi connectivity index (χ3v) is 2.75. The smallest absolute Gasteiger partial charge is 0.217 e. The van der Waals surface area contributed by atoms with Crippen molar-refractivity contribution in [1.29, 1.82) is 0 Å². The van der Waals surface area contributed by atoms with Gasteiger partial charge in [0.05, 0.1) is 5.69 Å². The van der Waals surface area contributed by atoms with E-state index in [0.717, 1.165) is 10.6 Å². The van der Waals surface area contributed by atoms with Crippen molar-refractivity contribution in [3.05, 3.63) is 24.3 Å². The quantitative estimate of drug-likeness (QED) is 0.481. The molecule has 1 aromatic rings. The van der Waals surface area contributed by atoms with Gasteiger partial charge >= 0.3 is 0 Å². The highest BCUT2D eigenvalue weighted by atomic mass is 35.5. The minimum absolute atomic E-state index is 0.857. The van der Waals surface area contributed by atoms with Gasteiger partial charge in [0.2, 0.25) is 4.45 Å². The Morgan fingerprint density at radius 2 is 2.18 bits per heavy atom. The van der Waals surface area contributed by atoms with E-state index in [2.05, 4.69) is 5.32 Å². The maximum atomic E-state index is 5.86. The number of fused-ring (bicyclic) bond motifs is 1. The maximum Gasteiger partial charge on any atom is 0.217 e. The Hall–Kier alpha value is -0.380. The van der Waals surface area contributed by atoms with Crippen molar-refractivity contribution in [1.82, 2.24) is 0 Å². The van der Waals surface area contributed by atoms with Gasteiger partial charge in [0.25, 0.3) is 0 Å². The van der Waals surface area contributed by atoms with Crippen LogP contribution in [0.3, 0.4) is 0 Å². The molecule has 0 spiro atoms. The van der Waals surface area contributed by atoms with E-state index in [9.17, 15) is 0 Å². The zero-order chi connectivity index (χ0) is 7.90. The van der Waals surface area contributed by atoms with E-state index in [-0.39, 0.29) is 0 Å². The Bertz CT molecular complexity index is 261. The second kappa shape index (κ2) is 2.30. The number of anilines is 1. The van der Waals surface area contributed by atoms with Gasteiger partial charge in [-0.2, -0.15) is 0 Å². The molecule has 0 fully saturated rings. The normalized spacial score (nSPS) is 27.8. The van der Waals surface area contributed by atoms with Gasteiger partial charge in [-0.3, -0.25) is 5.73 Å². The van der Waals surface area contributed by atoms with E-state index in [1.165, 1.54) is 11.8 Å². The fourth-order valence-corrected chi connectivity index (χ4v) is 2.24. The van der Waals surface area contributed by atoms with Crippen molar-refractivity contribution in [2.75, 3.05) is 5.32 Å². The van der Waals surface area contributed by atoms with Crippen molar-refractivity contribution in [3.63, 3.8) is 0 Å². The second-order valence-corrected chi connectivity index (χ2v) is 4.48. The number of hydrogen-bond donors (Lipinski definition) is 2. The van der Waals surface area contributed by atoms with Crippen LogP contribution in [0.25, 0.3) is 0 Å². The summed E-state index contributed by atoms with van der Waals surface area (Å²) in [4.78, 5) is 1.10. The lowest BCUT2D eigenvalue weighted by atomic mass is 10.3. The zero-order valence-electron chi connectivity index (χ0n) is 5.67. The Morgan fingerprint density at radius 1 is 1.45 bits per heavy atom. The summed E-state index contributed by atoms with van der Waals surface area (Å²) in [6.45, 7) is 0. The molecule has 1 atom stereocenters. The summed E-state index contributed by atoms with van der Waals surface area (Å²) in [5.74, 6) is 0. The van der Waals surface area contributed by atoms with Crippen LogP contribution in [0.4, 0.5) is 5.69 Å². The molecular formula is C7H7ClN2S. The second-order valence-electron chi connectivity index (χ2n) is 2.37. The van der Waals surface area contributed by atoms with Crippen molar-refractivity contribution in [2.24, 2.45) is 5.73 Å². The van der Waals surface area contributed by atoms with Crippen molar-refractivity contribution in [3.8, 4) is 0 Å². The van der Waals surface area contributed by atoms with Crippen molar-refractivity contribution < 1.29 is 0 Å². The monoisotopic (exact) mass is 186 g/mol. The number of para-hydroxylation sites is 1. The average Bonchev–Trinajstić information content (AvgIpc) is 2.21. The first-order chi connectivity index (χ1) is 5.17. The van der Waals surface area contributed by atoms with E-state index >= 15 is 0 Å². The predicted molar refractivity (Wildman–Crippen MR) is 48.7 cm³/mol. The predicted octanol–water partition coefficient (Wildman–Crippen LogP) is 2.01. The molecule has 0 saturated heterocycles. The number of alkyl halides is 1. The number of hydrogen-bond acceptors (Lipinski definition) is 3.